The van der Waals surface area contributed by atoms with Gasteiger partial charge in [0.25, 0.3) is 11.3 Å². The first-order chi connectivity index (χ1) is 16.8. The Labute approximate surface area is 204 Å². The second-order valence-corrected chi connectivity index (χ2v) is 10.5. The highest BCUT2D eigenvalue weighted by Gasteiger charge is 2.30. The van der Waals surface area contributed by atoms with E-state index >= 15 is 0 Å². The zero-order valence-corrected chi connectivity index (χ0v) is 20.2. The summed E-state index contributed by atoms with van der Waals surface area (Å²) in [6, 6.07) is 18.8. The molecule has 0 saturated carbocycles. The molecule has 2 atom stereocenters. The number of para-hydroxylation sites is 1. The summed E-state index contributed by atoms with van der Waals surface area (Å²) in [4.78, 5) is 12.2. The number of unbranched alkanes of at least 4 members (excludes halogenated alkanes) is 1. The van der Waals surface area contributed by atoms with E-state index in [2.05, 4.69) is 4.72 Å². The zero-order valence-electron chi connectivity index (χ0n) is 18.5. The minimum absolute atomic E-state index is 0.0405. The Bertz CT molecular complexity index is 1470. The summed E-state index contributed by atoms with van der Waals surface area (Å²) in [5.41, 5.74) is 1.50. The molecule has 2 unspecified atom stereocenters. The van der Waals surface area contributed by atoms with Crippen LogP contribution in [-0.4, -0.2) is 40.8 Å². The van der Waals surface area contributed by atoms with E-state index in [-0.39, 0.29) is 23.5 Å². The summed E-state index contributed by atoms with van der Waals surface area (Å²) in [5.74, 6) is -1.26. The number of anilines is 1. The monoisotopic (exact) mass is 516 g/mol. The zero-order chi connectivity index (χ0) is 25.0. The fourth-order valence-electron chi connectivity index (χ4n) is 3.92. The lowest BCUT2D eigenvalue weighted by molar-refractivity contribution is -0.138. The van der Waals surface area contributed by atoms with Crippen molar-refractivity contribution in [2.24, 2.45) is 0 Å². The molecular weight excluding hydrogens is 492 g/mol. The standard InChI is InChI=1S/C24H24N2O7S2/c27-24(28)21(11-6-7-15-25-35(31,32)18-8-2-1-3-9-18)26(34(29)30)17-13-14-23-20(16-17)19-10-4-5-12-22(19)33-23/h1-5,8-10,12-14,16,21,25H,6-7,11,15H2,(H,27,28)(H,29,30). The summed E-state index contributed by atoms with van der Waals surface area (Å²) < 4.78 is 56.0. The number of nitrogens with zero attached hydrogens (tertiary/aromatic N) is 1. The van der Waals surface area contributed by atoms with Crippen LogP contribution in [0.3, 0.4) is 0 Å². The number of sulfonamides is 1. The average Bonchev–Trinajstić information content (AvgIpc) is 3.21. The smallest absolute Gasteiger partial charge is 0.327 e. The number of furan rings is 1. The Balaban J connectivity index is 1.47. The third-order valence-corrected chi connectivity index (χ3v) is 7.88. The first kappa shape index (κ1) is 24.9. The number of rotatable bonds is 11. The molecule has 0 aliphatic heterocycles. The van der Waals surface area contributed by atoms with Gasteiger partial charge in [0.05, 0.1) is 10.6 Å². The van der Waals surface area contributed by atoms with Gasteiger partial charge in [0, 0.05) is 17.3 Å². The molecule has 0 amide bonds. The van der Waals surface area contributed by atoms with E-state index in [0.29, 0.717) is 29.4 Å². The third-order valence-electron chi connectivity index (χ3n) is 5.60. The molecule has 1 heterocycles. The maximum absolute atomic E-state index is 12.3. The molecule has 0 spiro atoms. The van der Waals surface area contributed by atoms with E-state index in [1.165, 1.54) is 12.1 Å². The molecule has 0 aliphatic carbocycles. The van der Waals surface area contributed by atoms with Crippen molar-refractivity contribution in [3.8, 4) is 0 Å². The van der Waals surface area contributed by atoms with Crippen LogP contribution >= 0.6 is 0 Å². The van der Waals surface area contributed by atoms with Crippen LogP contribution in [0.1, 0.15) is 19.3 Å². The van der Waals surface area contributed by atoms with Crippen LogP contribution in [-0.2, 0) is 26.1 Å². The summed E-state index contributed by atoms with van der Waals surface area (Å²) in [6.45, 7) is 0.110. The Morgan fingerprint density at radius 3 is 2.37 bits per heavy atom. The van der Waals surface area contributed by atoms with E-state index in [1.807, 2.05) is 24.3 Å². The Hall–Kier alpha value is -3.25. The lowest BCUT2D eigenvalue weighted by Crippen LogP contribution is -2.42. The fourth-order valence-corrected chi connectivity index (χ4v) is 5.73. The fraction of sp³-hybridized carbons (Fsp3) is 0.208. The lowest BCUT2D eigenvalue weighted by atomic mass is 10.1. The van der Waals surface area contributed by atoms with Crippen molar-refractivity contribution in [1.29, 1.82) is 0 Å². The van der Waals surface area contributed by atoms with Gasteiger partial charge in [0.1, 0.15) is 17.2 Å². The van der Waals surface area contributed by atoms with Crippen LogP contribution in [0, 0.1) is 0 Å². The second-order valence-electron chi connectivity index (χ2n) is 7.90. The molecule has 4 aromatic rings. The van der Waals surface area contributed by atoms with E-state index in [1.54, 1.807) is 36.4 Å². The molecule has 0 radical (unpaired) electrons. The molecule has 0 saturated heterocycles. The number of carbonyl (C=O) groups is 1. The first-order valence-corrected chi connectivity index (χ1v) is 13.4. The van der Waals surface area contributed by atoms with E-state index in [0.717, 1.165) is 9.69 Å². The number of carboxylic acid groups (broad SMARTS) is 1. The number of hydrogen-bond acceptors (Lipinski definition) is 5. The largest absolute Gasteiger partial charge is 0.480 e. The predicted octanol–water partition coefficient (Wildman–Crippen LogP) is 4.13. The van der Waals surface area contributed by atoms with E-state index < -0.39 is 33.3 Å². The van der Waals surface area contributed by atoms with Gasteiger partial charge < -0.3 is 9.52 Å². The van der Waals surface area contributed by atoms with Gasteiger partial charge in [0.2, 0.25) is 10.0 Å². The SMILES string of the molecule is O=C(O)C(CCCCNS(=O)(=O)c1ccccc1)N(c1ccc2oc3ccccc3c2c1)S(=O)O. The number of hydrogen-bond donors (Lipinski definition) is 3. The lowest BCUT2D eigenvalue weighted by Gasteiger charge is -2.27. The van der Waals surface area contributed by atoms with Gasteiger partial charge in [-0.3, -0.25) is 8.86 Å². The second kappa shape index (κ2) is 10.6. The van der Waals surface area contributed by atoms with Crippen LogP contribution in [0.15, 0.2) is 82.1 Å². The number of carboxylic acids is 1. The van der Waals surface area contributed by atoms with Crippen molar-refractivity contribution in [2.75, 3.05) is 10.8 Å². The average molecular weight is 517 g/mol. The van der Waals surface area contributed by atoms with Crippen LogP contribution in [0.4, 0.5) is 5.69 Å². The number of benzene rings is 3. The van der Waals surface area contributed by atoms with Gasteiger partial charge in [-0.05, 0) is 55.7 Å². The molecular formula is C24H24N2O7S2. The van der Waals surface area contributed by atoms with Crippen molar-refractivity contribution in [2.45, 2.75) is 30.2 Å². The maximum Gasteiger partial charge on any atom is 0.327 e. The molecule has 35 heavy (non-hydrogen) atoms. The van der Waals surface area contributed by atoms with Gasteiger partial charge in [0.15, 0.2) is 0 Å². The minimum atomic E-state index is -3.66. The van der Waals surface area contributed by atoms with Crippen LogP contribution in [0.5, 0.6) is 0 Å². The van der Waals surface area contributed by atoms with Crippen LogP contribution in [0.2, 0.25) is 0 Å². The van der Waals surface area contributed by atoms with Gasteiger partial charge in [-0.25, -0.2) is 22.1 Å². The molecule has 1 aromatic heterocycles. The topological polar surface area (TPSA) is 137 Å². The molecule has 184 valence electrons. The van der Waals surface area contributed by atoms with Crippen molar-refractivity contribution < 1.29 is 31.5 Å². The van der Waals surface area contributed by atoms with Crippen LogP contribution < -0.4 is 9.03 Å². The Morgan fingerprint density at radius 2 is 1.66 bits per heavy atom. The maximum atomic E-state index is 12.3. The molecule has 0 aliphatic rings. The number of nitrogens with one attached hydrogen (secondary N) is 1. The molecule has 0 bridgehead atoms. The highest BCUT2D eigenvalue weighted by Crippen LogP contribution is 2.33. The number of aliphatic carboxylic acids is 1. The molecule has 9 nitrogen and oxygen atoms in total. The molecule has 0 fully saturated rings. The van der Waals surface area contributed by atoms with Crippen molar-refractivity contribution in [3.63, 3.8) is 0 Å². The molecule has 11 heteroatoms. The van der Waals surface area contributed by atoms with Gasteiger partial charge >= 0.3 is 5.97 Å². The van der Waals surface area contributed by atoms with Crippen molar-refractivity contribution in [3.05, 3.63) is 72.8 Å². The number of fused-ring (bicyclic) bond motifs is 3. The van der Waals surface area contributed by atoms with Gasteiger partial charge in [-0.1, -0.05) is 36.4 Å². The van der Waals surface area contributed by atoms with Gasteiger partial charge in [-0.15, -0.1) is 0 Å². The summed E-state index contributed by atoms with van der Waals surface area (Å²) in [5, 5.41) is 11.3. The summed E-state index contributed by atoms with van der Waals surface area (Å²) >= 11 is -2.61. The van der Waals surface area contributed by atoms with E-state index in [4.69, 9.17) is 4.42 Å². The molecule has 3 aromatic carbocycles. The first-order valence-electron chi connectivity index (χ1n) is 10.9. The Morgan fingerprint density at radius 1 is 0.971 bits per heavy atom. The van der Waals surface area contributed by atoms with E-state index in [9.17, 15) is 27.1 Å². The van der Waals surface area contributed by atoms with Gasteiger partial charge in [-0.2, -0.15) is 0 Å². The minimum Gasteiger partial charge on any atom is -0.480 e. The molecule has 3 N–H and O–H groups in total. The third kappa shape index (κ3) is 5.54. The Kier molecular flexibility index (Phi) is 7.51. The van der Waals surface area contributed by atoms with Crippen molar-refractivity contribution >= 4 is 54.9 Å². The normalized spacial score (nSPS) is 13.6. The summed E-state index contributed by atoms with van der Waals surface area (Å²) in [6.07, 6.45) is 0.713. The molecule has 4 rings (SSSR count). The quantitative estimate of drug-likeness (QED) is 0.201. The highest BCUT2D eigenvalue weighted by molar-refractivity contribution is 7.89. The predicted molar refractivity (Wildman–Crippen MR) is 134 cm³/mol. The summed E-state index contributed by atoms with van der Waals surface area (Å²) in [7, 11) is -3.66. The highest BCUT2D eigenvalue weighted by atomic mass is 32.2. The van der Waals surface area contributed by atoms with Crippen LogP contribution in [0.25, 0.3) is 21.9 Å². The van der Waals surface area contributed by atoms with Crippen molar-refractivity contribution in [1.82, 2.24) is 4.72 Å².